The van der Waals surface area contributed by atoms with E-state index in [1.165, 1.54) is 39.6 Å². The van der Waals surface area contributed by atoms with E-state index in [9.17, 15) is 18.0 Å². The first-order valence-corrected chi connectivity index (χ1v) is 11.9. The van der Waals surface area contributed by atoms with Gasteiger partial charge in [0.1, 0.15) is 11.5 Å². The molecule has 180 valence electrons. The van der Waals surface area contributed by atoms with Gasteiger partial charge < -0.3 is 19.8 Å². The maximum Gasteiger partial charge on any atom is 0.253 e. The molecular formula is C24H27N3O6S. The van der Waals surface area contributed by atoms with Crippen molar-refractivity contribution in [1.29, 1.82) is 0 Å². The number of para-hydroxylation sites is 1. The van der Waals surface area contributed by atoms with Gasteiger partial charge in [-0.15, -0.1) is 0 Å². The van der Waals surface area contributed by atoms with Crippen molar-refractivity contribution in [2.75, 3.05) is 26.5 Å². The number of amides is 2. The van der Waals surface area contributed by atoms with E-state index in [1.54, 1.807) is 42.5 Å². The molecule has 0 saturated carbocycles. The second-order valence-corrected chi connectivity index (χ2v) is 9.77. The first-order chi connectivity index (χ1) is 16.2. The highest BCUT2D eigenvalue weighted by Gasteiger charge is 2.20. The number of anilines is 1. The average molecular weight is 486 g/mol. The third-order valence-corrected chi connectivity index (χ3v) is 6.91. The Hall–Kier alpha value is -3.63. The molecule has 0 atom stereocenters. The highest BCUT2D eigenvalue weighted by Crippen LogP contribution is 2.25. The van der Waals surface area contributed by atoms with E-state index in [0.29, 0.717) is 28.3 Å². The van der Waals surface area contributed by atoms with Crippen molar-refractivity contribution in [3.63, 3.8) is 0 Å². The summed E-state index contributed by atoms with van der Waals surface area (Å²) in [6.07, 6.45) is 1.83. The van der Waals surface area contributed by atoms with Gasteiger partial charge in [-0.05, 0) is 54.4 Å². The van der Waals surface area contributed by atoms with Gasteiger partial charge in [-0.3, -0.25) is 9.59 Å². The summed E-state index contributed by atoms with van der Waals surface area (Å²) in [6.45, 7) is 0.222. The third-order valence-electron chi connectivity index (χ3n) is 5.10. The van der Waals surface area contributed by atoms with E-state index in [2.05, 4.69) is 10.6 Å². The lowest BCUT2D eigenvalue weighted by atomic mass is 10.1. The summed E-state index contributed by atoms with van der Waals surface area (Å²) >= 11 is 0. The topological polar surface area (TPSA) is 118 Å². The summed E-state index contributed by atoms with van der Waals surface area (Å²) in [4.78, 5) is 25.4. The Kier molecular flexibility index (Phi) is 8.08. The number of ether oxygens (including phenoxy) is 1. The monoisotopic (exact) mass is 485 g/mol. The van der Waals surface area contributed by atoms with Crippen LogP contribution in [0.15, 0.2) is 70.2 Å². The van der Waals surface area contributed by atoms with Crippen molar-refractivity contribution in [1.82, 2.24) is 9.62 Å². The molecule has 3 rings (SSSR count). The number of methoxy groups -OCH3 is 1. The molecule has 9 nitrogen and oxygen atoms in total. The Morgan fingerprint density at radius 3 is 2.50 bits per heavy atom. The first kappa shape index (κ1) is 25.0. The van der Waals surface area contributed by atoms with Gasteiger partial charge in [0.25, 0.3) is 5.91 Å². The molecule has 0 aliphatic rings. The zero-order valence-corrected chi connectivity index (χ0v) is 20.0. The van der Waals surface area contributed by atoms with Crippen molar-refractivity contribution in [3.8, 4) is 5.75 Å². The van der Waals surface area contributed by atoms with Crippen LogP contribution in [0.3, 0.4) is 0 Å². The van der Waals surface area contributed by atoms with Crippen LogP contribution in [0, 0.1) is 0 Å². The van der Waals surface area contributed by atoms with E-state index in [1.807, 2.05) is 0 Å². The van der Waals surface area contributed by atoms with Crippen LogP contribution in [0.2, 0.25) is 0 Å². The molecule has 0 aliphatic carbocycles. The quantitative estimate of drug-likeness (QED) is 0.456. The van der Waals surface area contributed by atoms with Crippen LogP contribution in [0.25, 0.3) is 0 Å². The minimum atomic E-state index is -3.62. The molecule has 34 heavy (non-hydrogen) atoms. The number of carbonyl (C=O) groups is 2. The molecule has 2 aromatic carbocycles. The average Bonchev–Trinajstić information content (AvgIpc) is 3.35. The lowest BCUT2D eigenvalue weighted by Gasteiger charge is -2.15. The summed E-state index contributed by atoms with van der Waals surface area (Å²) in [7, 11) is 0.767. The molecule has 0 saturated heterocycles. The fourth-order valence-electron chi connectivity index (χ4n) is 3.25. The number of furan rings is 1. The highest BCUT2D eigenvalue weighted by molar-refractivity contribution is 7.89. The molecule has 0 radical (unpaired) electrons. The Bertz CT molecular complexity index is 1250. The summed E-state index contributed by atoms with van der Waals surface area (Å²) in [5.41, 5.74) is 1.28. The van der Waals surface area contributed by atoms with E-state index in [0.717, 1.165) is 4.31 Å². The van der Waals surface area contributed by atoms with E-state index >= 15 is 0 Å². The predicted molar refractivity (Wildman–Crippen MR) is 127 cm³/mol. The Balaban J connectivity index is 1.68. The number of rotatable bonds is 10. The molecule has 0 unspecified atom stereocenters. The normalized spacial score (nSPS) is 11.3. The molecule has 10 heteroatoms. The van der Waals surface area contributed by atoms with Crippen LogP contribution in [0.4, 0.5) is 5.69 Å². The van der Waals surface area contributed by atoms with E-state index < -0.39 is 10.0 Å². The molecular weight excluding hydrogens is 458 g/mol. The third kappa shape index (κ3) is 6.03. The Morgan fingerprint density at radius 2 is 1.82 bits per heavy atom. The minimum Gasteiger partial charge on any atom is -0.496 e. The van der Waals surface area contributed by atoms with Crippen LogP contribution in [0.1, 0.15) is 28.1 Å². The van der Waals surface area contributed by atoms with E-state index in [4.69, 9.17) is 9.15 Å². The lowest BCUT2D eigenvalue weighted by Crippen LogP contribution is -2.24. The predicted octanol–water partition coefficient (Wildman–Crippen LogP) is 3.04. The number of hydrogen-bond acceptors (Lipinski definition) is 6. The van der Waals surface area contributed by atoms with Gasteiger partial charge in [0.15, 0.2) is 0 Å². The Labute approximate surface area is 198 Å². The fraction of sp³-hybridized carbons (Fsp3) is 0.250. The number of aryl methyl sites for hydroxylation is 1. The van der Waals surface area contributed by atoms with E-state index in [-0.39, 0.29) is 36.1 Å². The zero-order valence-electron chi connectivity index (χ0n) is 19.2. The molecule has 1 aromatic heterocycles. The number of nitrogens with zero attached hydrogens (tertiary/aromatic N) is 1. The first-order valence-electron chi connectivity index (χ1n) is 10.5. The van der Waals surface area contributed by atoms with Crippen LogP contribution < -0.4 is 15.4 Å². The molecule has 1 heterocycles. The standard InChI is InChI=1S/C24H27N3O6S/c1-27(2)34(30,31)19-11-12-22(32-3)17(15-19)10-13-23(28)26-21-9-5-4-8-20(21)24(29)25-16-18-7-6-14-33-18/h4-9,11-12,14-15H,10,13,16H2,1-3H3,(H,25,29)(H,26,28). The number of sulfonamides is 1. The van der Waals surface area contributed by atoms with Crippen molar-refractivity contribution in [2.24, 2.45) is 0 Å². The number of carbonyl (C=O) groups excluding carboxylic acids is 2. The Morgan fingerprint density at radius 1 is 1.06 bits per heavy atom. The van der Waals surface area contributed by atoms with Gasteiger partial charge in [-0.25, -0.2) is 12.7 Å². The van der Waals surface area contributed by atoms with Gasteiger partial charge >= 0.3 is 0 Å². The summed E-state index contributed by atoms with van der Waals surface area (Å²) in [5, 5.41) is 5.52. The minimum absolute atomic E-state index is 0.0597. The second kappa shape index (κ2) is 11.0. The van der Waals surface area contributed by atoms with Crippen molar-refractivity contribution in [2.45, 2.75) is 24.3 Å². The number of benzene rings is 2. The summed E-state index contributed by atoms with van der Waals surface area (Å²) in [6, 6.07) is 14.7. The SMILES string of the molecule is COc1ccc(S(=O)(=O)N(C)C)cc1CCC(=O)Nc1ccccc1C(=O)NCc1ccco1. The van der Waals surface area contributed by atoms with Gasteiger partial charge in [-0.2, -0.15) is 0 Å². The van der Waals surface area contributed by atoms with Crippen LogP contribution in [-0.4, -0.2) is 45.7 Å². The largest absolute Gasteiger partial charge is 0.496 e. The second-order valence-electron chi connectivity index (χ2n) is 7.62. The summed E-state index contributed by atoms with van der Waals surface area (Å²) in [5.74, 6) is 0.426. The zero-order chi connectivity index (χ0) is 24.7. The van der Waals surface area contributed by atoms with Gasteiger partial charge in [0.2, 0.25) is 15.9 Å². The molecule has 0 fully saturated rings. The fourth-order valence-corrected chi connectivity index (χ4v) is 4.20. The van der Waals surface area contributed by atoms with Crippen LogP contribution >= 0.6 is 0 Å². The molecule has 0 bridgehead atoms. The van der Waals surface area contributed by atoms with Gasteiger partial charge in [0, 0.05) is 20.5 Å². The smallest absolute Gasteiger partial charge is 0.253 e. The van der Waals surface area contributed by atoms with Gasteiger partial charge in [-0.1, -0.05) is 12.1 Å². The highest BCUT2D eigenvalue weighted by atomic mass is 32.2. The maximum absolute atomic E-state index is 12.7. The summed E-state index contributed by atoms with van der Waals surface area (Å²) < 4.78 is 36.6. The molecule has 2 amide bonds. The molecule has 0 aliphatic heterocycles. The molecule has 3 aromatic rings. The van der Waals surface area contributed by atoms with Crippen LogP contribution in [0.5, 0.6) is 5.75 Å². The van der Waals surface area contributed by atoms with Crippen molar-refractivity contribution >= 4 is 27.5 Å². The van der Waals surface area contributed by atoms with Crippen molar-refractivity contribution in [3.05, 3.63) is 77.7 Å². The number of hydrogen-bond donors (Lipinski definition) is 2. The van der Waals surface area contributed by atoms with Crippen LogP contribution in [-0.2, 0) is 27.8 Å². The van der Waals surface area contributed by atoms with Crippen molar-refractivity contribution < 1.29 is 27.2 Å². The molecule has 0 spiro atoms. The maximum atomic E-state index is 12.7. The molecule has 2 N–H and O–H groups in total. The number of nitrogens with one attached hydrogen (secondary N) is 2. The van der Waals surface area contributed by atoms with Gasteiger partial charge in [0.05, 0.1) is 36.1 Å². The lowest BCUT2D eigenvalue weighted by molar-refractivity contribution is -0.116.